The summed E-state index contributed by atoms with van der Waals surface area (Å²) in [6.07, 6.45) is 2.36. The quantitative estimate of drug-likeness (QED) is 0.871. The maximum absolute atomic E-state index is 12.3. The van der Waals surface area contributed by atoms with E-state index >= 15 is 0 Å². The van der Waals surface area contributed by atoms with Crippen LogP contribution < -0.4 is 0 Å². The molecule has 0 aliphatic carbocycles. The van der Waals surface area contributed by atoms with E-state index in [1.807, 2.05) is 37.3 Å². The van der Waals surface area contributed by atoms with Gasteiger partial charge in [-0.05, 0) is 31.5 Å². The SMILES string of the molecule is CCN(CCCO)C(=O)c1ccn(-c2ccccc2)n1. The zero-order valence-corrected chi connectivity index (χ0v) is 11.6. The highest BCUT2D eigenvalue weighted by molar-refractivity contribution is 5.92. The second-order valence-electron chi connectivity index (χ2n) is 4.44. The highest BCUT2D eigenvalue weighted by atomic mass is 16.3. The number of hydrogen-bond acceptors (Lipinski definition) is 3. The lowest BCUT2D eigenvalue weighted by atomic mass is 10.3. The average molecular weight is 273 g/mol. The highest BCUT2D eigenvalue weighted by Gasteiger charge is 2.16. The number of aliphatic hydroxyl groups excluding tert-OH is 1. The maximum atomic E-state index is 12.3. The Morgan fingerprint density at radius 1 is 1.30 bits per heavy atom. The molecule has 0 saturated heterocycles. The first kappa shape index (κ1) is 14.3. The van der Waals surface area contributed by atoms with Crippen LogP contribution in [0.1, 0.15) is 23.8 Å². The number of amides is 1. The van der Waals surface area contributed by atoms with Crippen LogP contribution in [0.2, 0.25) is 0 Å². The molecule has 0 atom stereocenters. The smallest absolute Gasteiger partial charge is 0.274 e. The van der Waals surface area contributed by atoms with Crippen LogP contribution in [0.3, 0.4) is 0 Å². The third-order valence-corrected chi connectivity index (χ3v) is 3.08. The molecule has 0 aliphatic heterocycles. The van der Waals surface area contributed by atoms with Crippen LogP contribution in [0.25, 0.3) is 5.69 Å². The van der Waals surface area contributed by atoms with Gasteiger partial charge in [0, 0.05) is 25.9 Å². The molecule has 0 unspecified atom stereocenters. The molecule has 2 aromatic rings. The first-order valence-corrected chi connectivity index (χ1v) is 6.77. The summed E-state index contributed by atoms with van der Waals surface area (Å²) in [5.41, 5.74) is 1.35. The number of hydrogen-bond donors (Lipinski definition) is 1. The Labute approximate surface area is 118 Å². The minimum Gasteiger partial charge on any atom is -0.396 e. The topological polar surface area (TPSA) is 58.4 Å². The molecule has 0 saturated carbocycles. The van der Waals surface area contributed by atoms with Crippen molar-refractivity contribution in [3.8, 4) is 5.69 Å². The molecule has 0 radical (unpaired) electrons. The lowest BCUT2D eigenvalue weighted by Crippen LogP contribution is -2.32. The van der Waals surface area contributed by atoms with Crippen LogP contribution in [-0.4, -0.2) is 45.4 Å². The molecular formula is C15H19N3O2. The first-order chi connectivity index (χ1) is 9.76. The van der Waals surface area contributed by atoms with Crippen molar-refractivity contribution in [1.82, 2.24) is 14.7 Å². The van der Waals surface area contributed by atoms with Gasteiger partial charge in [0.15, 0.2) is 5.69 Å². The summed E-state index contributed by atoms with van der Waals surface area (Å²) in [6, 6.07) is 11.4. The van der Waals surface area contributed by atoms with Crippen LogP contribution in [0.15, 0.2) is 42.6 Å². The molecule has 1 heterocycles. The van der Waals surface area contributed by atoms with Crippen molar-refractivity contribution >= 4 is 5.91 Å². The monoisotopic (exact) mass is 273 g/mol. The van der Waals surface area contributed by atoms with Gasteiger partial charge in [-0.1, -0.05) is 18.2 Å². The summed E-state index contributed by atoms with van der Waals surface area (Å²) in [5.74, 6) is -0.101. The van der Waals surface area contributed by atoms with Crippen molar-refractivity contribution in [2.24, 2.45) is 0 Å². The average Bonchev–Trinajstić information content (AvgIpc) is 2.98. The minimum atomic E-state index is -0.101. The van der Waals surface area contributed by atoms with Crippen molar-refractivity contribution in [2.45, 2.75) is 13.3 Å². The Hall–Kier alpha value is -2.14. The van der Waals surface area contributed by atoms with E-state index < -0.39 is 0 Å². The van der Waals surface area contributed by atoms with E-state index in [0.717, 1.165) is 5.69 Å². The number of carbonyl (C=O) groups excluding carboxylic acids is 1. The lowest BCUT2D eigenvalue weighted by molar-refractivity contribution is 0.0748. The van der Waals surface area contributed by atoms with E-state index in [4.69, 9.17) is 5.11 Å². The van der Waals surface area contributed by atoms with Gasteiger partial charge in [0.25, 0.3) is 5.91 Å². The van der Waals surface area contributed by atoms with Crippen LogP contribution in [0.4, 0.5) is 0 Å². The van der Waals surface area contributed by atoms with E-state index in [9.17, 15) is 4.79 Å². The molecule has 2 rings (SSSR count). The molecule has 5 heteroatoms. The summed E-state index contributed by atoms with van der Waals surface area (Å²) in [5, 5.41) is 13.2. The summed E-state index contributed by atoms with van der Waals surface area (Å²) < 4.78 is 1.69. The zero-order valence-electron chi connectivity index (χ0n) is 11.6. The van der Waals surface area contributed by atoms with E-state index in [0.29, 0.717) is 25.2 Å². The van der Waals surface area contributed by atoms with Crippen LogP contribution >= 0.6 is 0 Å². The Balaban J connectivity index is 2.13. The molecule has 0 bridgehead atoms. The van der Waals surface area contributed by atoms with Gasteiger partial charge in [-0.25, -0.2) is 4.68 Å². The van der Waals surface area contributed by atoms with E-state index in [1.165, 1.54) is 0 Å². The van der Waals surface area contributed by atoms with Crippen molar-refractivity contribution in [3.05, 3.63) is 48.3 Å². The maximum Gasteiger partial charge on any atom is 0.274 e. The molecule has 20 heavy (non-hydrogen) atoms. The second kappa shape index (κ2) is 6.86. The predicted octanol–water partition coefficient (Wildman–Crippen LogP) is 1.72. The van der Waals surface area contributed by atoms with E-state index in [1.54, 1.807) is 21.8 Å². The van der Waals surface area contributed by atoms with Crippen molar-refractivity contribution < 1.29 is 9.90 Å². The number of aromatic nitrogens is 2. The van der Waals surface area contributed by atoms with Gasteiger partial charge in [-0.2, -0.15) is 5.10 Å². The lowest BCUT2D eigenvalue weighted by Gasteiger charge is -2.18. The Morgan fingerprint density at radius 3 is 2.70 bits per heavy atom. The Morgan fingerprint density at radius 2 is 2.05 bits per heavy atom. The van der Waals surface area contributed by atoms with Gasteiger partial charge >= 0.3 is 0 Å². The molecule has 106 valence electrons. The fourth-order valence-corrected chi connectivity index (χ4v) is 1.99. The summed E-state index contributed by atoms with van der Waals surface area (Å²) in [4.78, 5) is 14.0. The normalized spacial score (nSPS) is 10.5. The number of carbonyl (C=O) groups is 1. The molecule has 0 aliphatic rings. The third-order valence-electron chi connectivity index (χ3n) is 3.08. The van der Waals surface area contributed by atoms with Crippen LogP contribution in [0, 0.1) is 0 Å². The van der Waals surface area contributed by atoms with Crippen molar-refractivity contribution in [2.75, 3.05) is 19.7 Å². The van der Waals surface area contributed by atoms with Gasteiger partial charge in [0.1, 0.15) is 0 Å². The second-order valence-corrected chi connectivity index (χ2v) is 4.44. The molecule has 0 spiro atoms. The summed E-state index contributed by atoms with van der Waals surface area (Å²) >= 11 is 0. The fourth-order valence-electron chi connectivity index (χ4n) is 1.99. The van der Waals surface area contributed by atoms with E-state index in [2.05, 4.69) is 5.10 Å². The van der Waals surface area contributed by atoms with Crippen molar-refractivity contribution in [3.63, 3.8) is 0 Å². The number of aliphatic hydroxyl groups is 1. The summed E-state index contributed by atoms with van der Waals surface area (Å²) in [7, 11) is 0. The molecule has 5 nitrogen and oxygen atoms in total. The van der Waals surface area contributed by atoms with Gasteiger partial charge in [0.2, 0.25) is 0 Å². The minimum absolute atomic E-state index is 0.0856. The Bertz CT molecular complexity index is 551. The van der Waals surface area contributed by atoms with E-state index in [-0.39, 0.29) is 12.5 Å². The highest BCUT2D eigenvalue weighted by Crippen LogP contribution is 2.09. The number of benzene rings is 1. The number of nitrogens with zero attached hydrogens (tertiary/aromatic N) is 3. The first-order valence-electron chi connectivity index (χ1n) is 6.77. The van der Waals surface area contributed by atoms with Crippen LogP contribution in [0.5, 0.6) is 0 Å². The molecule has 1 amide bonds. The molecule has 0 fully saturated rings. The van der Waals surface area contributed by atoms with Gasteiger partial charge in [-0.15, -0.1) is 0 Å². The standard InChI is InChI=1S/C15H19N3O2/c1-2-17(10-6-12-19)15(20)14-9-11-18(16-14)13-7-4-3-5-8-13/h3-5,7-9,11,19H,2,6,10,12H2,1H3. The molecule has 1 aromatic heterocycles. The fraction of sp³-hybridized carbons (Fsp3) is 0.333. The third kappa shape index (κ3) is 3.24. The largest absolute Gasteiger partial charge is 0.396 e. The Kier molecular flexibility index (Phi) is 4.90. The van der Waals surface area contributed by atoms with Gasteiger partial charge in [-0.3, -0.25) is 4.79 Å². The number of rotatable bonds is 6. The van der Waals surface area contributed by atoms with Crippen LogP contribution in [-0.2, 0) is 0 Å². The number of para-hydroxylation sites is 1. The molecule has 1 N–H and O–H groups in total. The summed E-state index contributed by atoms with van der Waals surface area (Å²) in [6.45, 7) is 3.16. The predicted molar refractivity (Wildman–Crippen MR) is 76.8 cm³/mol. The molecule has 1 aromatic carbocycles. The zero-order chi connectivity index (χ0) is 14.4. The van der Waals surface area contributed by atoms with Gasteiger partial charge in [0.05, 0.1) is 5.69 Å². The van der Waals surface area contributed by atoms with Crippen molar-refractivity contribution in [1.29, 1.82) is 0 Å². The molecular weight excluding hydrogens is 254 g/mol. The van der Waals surface area contributed by atoms with Gasteiger partial charge < -0.3 is 10.0 Å².